The number of hydrogen-bond acceptors (Lipinski definition) is 5. The highest BCUT2D eigenvalue weighted by molar-refractivity contribution is 7.33. The summed E-state index contributed by atoms with van der Waals surface area (Å²) in [4.78, 5) is 27.0. The van der Waals surface area contributed by atoms with Crippen LogP contribution in [0, 0.1) is 0 Å². The van der Waals surface area contributed by atoms with Gasteiger partial charge in [0.05, 0.1) is 0 Å². The molecule has 0 unspecified atom stereocenters. The highest BCUT2D eigenvalue weighted by atomic mass is 31.1. The number of carbonyl (C=O) groups is 2. The summed E-state index contributed by atoms with van der Waals surface area (Å²) >= 11 is 0. The summed E-state index contributed by atoms with van der Waals surface area (Å²) in [7, 11) is 4.37. The number of likely N-dealkylation sites (N-methyl/N-ethyl adjacent to an activating group) is 2. The molecule has 0 aliphatic heterocycles. The van der Waals surface area contributed by atoms with E-state index in [-0.39, 0.29) is 11.8 Å². The van der Waals surface area contributed by atoms with Crippen molar-refractivity contribution in [2.45, 2.75) is 39.5 Å². The van der Waals surface area contributed by atoms with Crippen LogP contribution in [-0.4, -0.2) is 49.8 Å². The van der Waals surface area contributed by atoms with Gasteiger partial charge in [0.25, 0.3) is 0 Å². The van der Waals surface area contributed by atoms with E-state index in [1.54, 1.807) is 40.3 Å². The van der Waals surface area contributed by atoms with Gasteiger partial charge in [-0.2, -0.15) is 0 Å². The maximum absolute atomic E-state index is 12.0. The molecular formula is C20H32N2O5P+. The van der Waals surface area contributed by atoms with E-state index in [0.717, 1.165) is 12.8 Å². The normalized spacial score (nSPS) is 12.4. The van der Waals surface area contributed by atoms with Gasteiger partial charge in [0.1, 0.15) is 0 Å². The molecule has 0 atom stereocenters. The third-order valence-electron chi connectivity index (χ3n) is 3.45. The fraction of sp³-hybridized carbons (Fsp3) is 0.500. The van der Waals surface area contributed by atoms with Crippen LogP contribution in [0.5, 0.6) is 0 Å². The Kier molecular flexibility index (Phi) is 13.4. The molecule has 0 aromatic rings. The molecule has 2 amide bonds. The second kappa shape index (κ2) is 14.6. The summed E-state index contributed by atoms with van der Waals surface area (Å²) in [5.41, 5.74) is 1.28. The van der Waals surface area contributed by atoms with Crippen molar-refractivity contribution in [2.24, 2.45) is 0 Å². The molecule has 0 rings (SSSR count). The summed E-state index contributed by atoms with van der Waals surface area (Å²) in [6.45, 7) is 3.97. The van der Waals surface area contributed by atoms with Gasteiger partial charge in [-0.05, 0) is 25.0 Å². The van der Waals surface area contributed by atoms with E-state index in [1.807, 2.05) is 13.8 Å². The number of hydrogen-bond donors (Lipinski definition) is 0. The van der Waals surface area contributed by atoms with E-state index in [4.69, 9.17) is 9.05 Å². The molecule has 0 aromatic heterocycles. The third kappa shape index (κ3) is 10.7. The molecule has 0 N–H and O–H groups in total. The lowest BCUT2D eigenvalue weighted by atomic mass is 10.1. The average Bonchev–Trinajstić information content (AvgIpc) is 2.65. The van der Waals surface area contributed by atoms with Gasteiger partial charge in [-0.25, -0.2) is 9.05 Å². The fourth-order valence-corrected chi connectivity index (χ4v) is 2.53. The summed E-state index contributed by atoms with van der Waals surface area (Å²) < 4.78 is 21.6. The minimum atomic E-state index is -2.39. The molecule has 0 aliphatic carbocycles. The molecule has 0 bridgehead atoms. The van der Waals surface area contributed by atoms with Crippen LogP contribution in [0.25, 0.3) is 0 Å². The van der Waals surface area contributed by atoms with Crippen molar-refractivity contribution >= 4 is 20.1 Å². The molecule has 0 saturated carbocycles. The summed E-state index contributed by atoms with van der Waals surface area (Å²) in [5, 5.41) is 0. The molecule has 7 nitrogen and oxygen atoms in total. The van der Waals surface area contributed by atoms with Crippen LogP contribution >= 0.6 is 8.25 Å². The van der Waals surface area contributed by atoms with Crippen molar-refractivity contribution in [2.75, 3.05) is 28.2 Å². The Morgan fingerprint density at radius 3 is 1.43 bits per heavy atom. The van der Waals surface area contributed by atoms with Crippen LogP contribution in [0.2, 0.25) is 0 Å². The van der Waals surface area contributed by atoms with Gasteiger partial charge in [-0.3, -0.25) is 9.59 Å². The second-order valence-electron chi connectivity index (χ2n) is 6.37. The van der Waals surface area contributed by atoms with Crippen LogP contribution in [0.1, 0.15) is 39.5 Å². The smallest absolute Gasteiger partial charge is 0.345 e. The maximum Gasteiger partial charge on any atom is 0.804 e. The number of rotatable bonds is 12. The Labute approximate surface area is 169 Å². The molecule has 0 heterocycles. The summed E-state index contributed by atoms with van der Waals surface area (Å²) in [6, 6.07) is 0. The van der Waals surface area contributed by atoms with E-state index in [0.29, 0.717) is 24.0 Å². The molecule has 0 radical (unpaired) electrons. The predicted octanol–water partition coefficient (Wildman–Crippen LogP) is 4.33. The average molecular weight is 411 g/mol. The summed E-state index contributed by atoms with van der Waals surface area (Å²) in [6.07, 6.45) is 11.7. The molecule has 0 aliphatic rings. The quantitative estimate of drug-likeness (QED) is 0.207. The molecular weight excluding hydrogens is 379 g/mol. The highest BCUT2D eigenvalue weighted by Crippen LogP contribution is 2.24. The summed E-state index contributed by atoms with van der Waals surface area (Å²) in [5.74, 6) is -0.144. The number of nitrogens with zero attached hydrogens (tertiary/aromatic N) is 2. The Morgan fingerprint density at radius 1 is 0.786 bits per heavy atom. The van der Waals surface area contributed by atoms with E-state index >= 15 is 0 Å². The predicted molar refractivity (Wildman–Crippen MR) is 111 cm³/mol. The van der Waals surface area contributed by atoms with Crippen LogP contribution in [-0.2, 0) is 23.2 Å². The van der Waals surface area contributed by atoms with Crippen molar-refractivity contribution < 1.29 is 23.2 Å². The molecule has 8 heteroatoms. The maximum atomic E-state index is 12.0. The van der Waals surface area contributed by atoms with E-state index in [1.165, 1.54) is 34.5 Å². The SMILES string of the molecule is CCC/C(=C/C=C/O[P+](=O)O/C=C/C=C(/CCC)C(=O)N(C)C)C(=O)N(C)C. The van der Waals surface area contributed by atoms with Gasteiger partial charge >= 0.3 is 8.25 Å². The Hall–Kier alpha value is -2.40. The van der Waals surface area contributed by atoms with Gasteiger partial charge < -0.3 is 9.80 Å². The van der Waals surface area contributed by atoms with Crippen molar-refractivity contribution in [3.05, 3.63) is 48.0 Å². The molecule has 28 heavy (non-hydrogen) atoms. The molecule has 0 spiro atoms. The van der Waals surface area contributed by atoms with Crippen LogP contribution < -0.4 is 0 Å². The van der Waals surface area contributed by atoms with Gasteiger partial charge in [0.15, 0.2) is 12.5 Å². The Balaban J connectivity index is 4.69. The first-order chi connectivity index (χ1) is 13.2. The Morgan fingerprint density at radius 2 is 1.14 bits per heavy atom. The zero-order chi connectivity index (χ0) is 21.5. The van der Waals surface area contributed by atoms with Crippen LogP contribution in [0.3, 0.4) is 0 Å². The van der Waals surface area contributed by atoms with E-state index < -0.39 is 8.25 Å². The molecule has 156 valence electrons. The minimum absolute atomic E-state index is 0.0722. The number of allylic oxidation sites excluding steroid dienone is 4. The molecule has 0 aromatic carbocycles. The first-order valence-corrected chi connectivity index (χ1v) is 10.3. The lowest BCUT2D eigenvalue weighted by Gasteiger charge is -2.12. The highest BCUT2D eigenvalue weighted by Gasteiger charge is 2.17. The lowest BCUT2D eigenvalue weighted by Crippen LogP contribution is -2.23. The van der Waals surface area contributed by atoms with Gasteiger partial charge in [0.2, 0.25) is 11.8 Å². The minimum Gasteiger partial charge on any atom is -0.345 e. The van der Waals surface area contributed by atoms with Crippen molar-refractivity contribution in [1.82, 2.24) is 9.80 Å². The topological polar surface area (TPSA) is 76.1 Å². The van der Waals surface area contributed by atoms with Gasteiger partial charge in [-0.1, -0.05) is 38.8 Å². The van der Waals surface area contributed by atoms with Gasteiger partial charge in [0, 0.05) is 43.9 Å². The largest absolute Gasteiger partial charge is 0.804 e. The standard InChI is InChI=1S/C20H32N2O5P/c1-7-11-17(19(23)21(3)4)13-9-15-26-28(25)27-16-10-14-18(12-8-2)20(24)22(5)6/h9-10,13-16H,7-8,11-12H2,1-6H3/q+1/b15-9+,16-10+,17-13-,18-14-. The van der Waals surface area contributed by atoms with E-state index in [9.17, 15) is 14.2 Å². The van der Waals surface area contributed by atoms with Gasteiger partial charge in [-0.15, -0.1) is 0 Å². The first-order valence-electron chi connectivity index (χ1n) is 9.20. The third-order valence-corrected chi connectivity index (χ3v) is 4.03. The molecule has 0 fully saturated rings. The molecule has 0 saturated heterocycles. The lowest BCUT2D eigenvalue weighted by molar-refractivity contribution is -0.125. The van der Waals surface area contributed by atoms with Crippen molar-refractivity contribution in [3.63, 3.8) is 0 Å². The van der Waals surface area contributed by atoms with Crippen molar-refractivity contribution in [3.8, 4) is 0 Å². The number of carbonyl (C=O) groups excluding carboxylic acids is 2. The van der Waals surface area contributed by atoms with Crippen molar-refractivity contribution in [1.29, 1.82) is 0 Å². The van der Waals surface area contributed by atoms with E-state index in [2.05, 4.69) is 0 Å². The zero-order valence-electron chi connectivity index (χ0n) is 17.7. The second-order valence-corrected chi connectivity index (χ2v) is 7.24. The fourth-order valence-electron chi connectivity index (χ4n) is 2.14. The van der Waals surface area contributed by atoms with Crippen LogP contribution in [0.15, 0.2) is 48.0 Å². The monoisotopic (exact) mass is 411 g/mol. The first kappa shape index (κ1) is 25.6. The van der Waals surface area contributed by atoms with Crippen LogP contribution in [0.4, 0.5) is 0 Å². The Bertz CT molecular complexity index is 595. The number of amides is 2. The zero-order valence-corrected chi connectivity index (χ0v) is 18.6.